The maximum atomic E-state index is 13.6. The van der Waals surface area contributed by atoms with Gasteiger partial charge in [-0.2, -0.15) is 5.10 Å². The number of nitrogens with zero attached hydrogens (tertiary/aromatic N) is 4. The number of aromatic nitrogens is 3. The van der Waals surface area contributed by atoms with E-state index in [1.807, 2.05) is 55.5 Å². The quantitative estimate of drug-likeness (QED) is 0.524. The maximum absolute atomic E-state index is 13.6. The van der Waals surface area contributed by atoms with Crippen LogP contribution in [0.15, 0.2) is 65.7 Å². The highest BCUT2D eigenvalue weighted by molar-refractivity contribution is 7.92. The topological polar surface area (TPSA) is 68.1 Å². The van der Waals surface area contributed by atoms with Crippen molar-refractivity contribution in [2.45, 2.75) is 18.4 Å². The molecule has 140 valence electrons. The molecule has 2 aromatic carbocycles. The molecule has 1 aliphatic rings. The zero-order valence-corrected chi connectivity index (χ0v) is 16.3. The van der Waals surface area contributed by atoms with E-state index in [1.54, 1.807) is 17.8 Å². The molecule has 1 aliphatic heterocycles. The minimum absolute atomic E-state index is 0.172. The Hall–Kier alpha value is -3.19. The summed E-state index contributed by atoms with van der Waals surface area (Å²) in [4.78, 5) is 4.53. The Morgan fingerprint density at radius 2 is 1.71 bits per heavy atom. The molecule has 0 bridgehead atoms. The first-order valence-corrected chi connectivity index (χ1v) is 10.4. The summed E-state index contributed by atoms with van der Waals surface area (Å²) >= 11 is 0. The highest BCUT2D eigenvalue weighted by Gasteiger charge is 2.32. The van der Waals surface area contributed by atoms with Gasteiger partial charge >= 0.3 is 0 Å². The van der Waals surface area contributed by atoms with Crippen molar-refractivity contribution in [3.8, 4) is 11.1 Å². The Balaban J connectivity index is 1.69. The first-order chi connectivity index (χ1) is 13.5. The van der Waals surface area contributed by atoms with Crippen LogP contribution in [0.4, 0.5) is 5.69 Å². The van der Waals surface area contributed by atoms with Crippen LogP contribution in [0.2, 0.25) is 0 Å². The predicted molar refractivity (Wildman–Crippen MR) is 108 cm³/mol. The molecule has 0 aliphatic carbocycles. The second-order valence-corrected chi connectivity index (χ2v) is 8.80. The molecule has 0 unspecified atom stereocenters. The highest BCUT2D eigenvalue weighted by Crippen LogP contribution is 2.41. The molecule has 0 saturated carbocycles. The molecule has 0 saturated heterocycles. The van der Waals surface area contributed by atoms with Crippen molar-refractivity contribution in [3.05, 3.63) is 72.1 Å². The van der Waals surface area contributed by atoms with Crippen molar-refractivity contribution in [1.82, 2.24) is 14.8 Å². The van der Waals surface area contributed by atoms with Gasteiger partial charge in [-0.25, -0.2) is 13.4 Å². The Bertz CT molecular complexity index is 1340. The summed E-state index contributed by atoms with van der Waals surface area (Å²) in [7, 11) is -1.98. The van der Waals surface area contributed by atoms with Gasteiger partial charge in [-0.15, -0.1) is 0 Å². The summed E-state index contributed by atoms with van der Waals surface area (Å²) < 4.78 is 30.3. The van der Waals surface area contributed by atoms with Gasteiger partial charge in [0.1, 0.15) is 4.90 Å². The molecule has 0 amide bonds. The molecule has 2 aromatic heterocycles. The SMILES string of the molecule is Cc1nn(C)c2ncc(S(=O)(=O)N3Cc4ccccc4-c4ccccc43)cc12. The van der Waals surface area contributed by atoms with Gasteiger partial charge < -0.3 is 0 Å². The van der Waals surface area contributed by atoms with Gasteiger partial charge in [0.05, 0.1) is 17.9 Å². The van der Waals surface area contributed by atoms with Gasteiger partial charge in [-0.3, -0.25) is 8.99 Å². The molecular weight excluding hydrogens is 372 g/mol. The fourth-order valence-corrected chi connectivity index (χ4v) is 5.29. The van der Waals surface area contributed by atoms with E-state index in [2.05, 4.69) is 10.1 Å². The molecule has 0 radical (unpaired) electrons. The smallest absolute Gasteiger partial charge is 0.261 e. The van der Waals surface area contributed by atoms with Crippen LogP contribution in [-0.4, -0.2) is 23.2 Å². The van der Waals surface area contributed by atoms with E-state index >= 15 is 0 Å². The van der Waals surface area contributed by atoms with E-state index < -0.39 is 10.0 Å². The number of sulfonamides is 1. The summed E-state index contributed by atoms with van der Waals surface area (Å²) in [5.41, 5.74) is 5.08. The lowest BCUT2D eigenvalue weighted by molar-refractivity contribution is 0.590. The molecule has 0 spiro atoms. The number of rotatable bonds is 2. The number of para-hydroxylation sites is 1. The standard InChI is InChI=1S/C21H18N4O2S/c1-14-19-11-16(12-22-21(19)24(2)23-14)28(26,27)25-13-15-7-3-4-8-17(15)18-9-5-6-10-20(18)25/h3-12H,13H2,1-2H3. The van der Waals surface area contributed by atoms with E-state index in [-0.39, 0.29) is 4.90 Å². The van der Waals surface area contributed by atoms with Crippen LogP contribution >= 0.6 is 0 Å². The largest absolute Gasteiger partial charge is 0.266 e. The van der Waals surface area contributed by atoms with Crippen LogP contribution in [0.25, 0.3) is 22.2 Å². The van der Waals surface area contributed by atoms with Crippen molar-refractivity contribution in [1.29, 1.82) is 0 Å². The minimum Gasteiger partial charge on any atom is -0.261 e. The van der Waals surface area contributed by atoms with Crippen LogP contribution < -0.4 is 4.31 Å². The number of anilines is 1. The monoisotopic (exact) mass is 390 g/mol. The second-order valence-electron chi connectivity index (χ2n) is 6.94. The summed E-state index contributed by atoms with van der Waals surface area (Å²) in [6, 6.07) is 17.2. The van der Waals surface area contributed by atoms with Gasteiger partial charge in [-0.05, 0) is 30.2 Å². The van der Waals surface area contributed by atoms with Crippen molar-refractivity contribution < 1.29 is 8.42 Å². The molecule has 6 nitrogen and oxygen atoms in total. The van der Waals surface area contributed by atoms with Gasteiger partial charge in [0.25, 0.3) is 10.0 Å². The summed E-state index contributed by atoms with van der Waals surface area (Å²) in [6.07, 6.45) is 1.42. The molecule has 5 rings (SSSR count). The first-order valence-electron chi connectivity index (χ1n) is 8.96. The van der Waals surface area contributed by atoms with Gasteiger partial charge in [0.2, 0.25) is 0 Å². The third kappa shape index (κ3) is 2.36. The predicted octanol–water partition coefficient (Wildman–Crippen LogP) is 3.65. The van der Waals surface area contributed by atoms with Crippen LogP contribution in [0.1, 0.15) is 11.3 Å². The van der Waals surface area contributed by atoms with Gasteiger partial charge in [-0.1, -0.05) is 42.5 Å². The lowest BCUT2D eigenvalue weighted by atomic mass is 9.95. The molecule has 3 heterocycles. The minimum atomic E-state index is -3.78. The zero-order valence-electron chi connectivity index (χ0n) is 15.5. The molecule has 0 N–H and O–H groups in total. The summed E-state index contributed by atoms with van der Waals surface area (Å²) in [6.45, 7) is 2.15. The third-order valence-electron chi connectivity index (χ3n) is 5.22. The van der Waals surface area contributed by atoms with E-state index in [4.69, 9.17) is 0 Å². The number of hydrogen-bond acceptors (Lipinski definition) is 4. The highest BCUT2D eigenvalue weighted by atomic mass is 32.2. The molecule has 0 fully saturated rings. The average molecular weight is 390 g/mol. The van der Waals surface area contributed by atoms with Crippen LogP contribution in [0.3, 0.4) is 0 Å². The third-order valence-corrected chi connectivity index (χ3v) is 6.95. The van der Waals surface area contributed by atoms with E-state index in [9.17, 15) is 8.42 Å². The molecule has 7 heteroatoms. The van der Waals surface area contributed by atoms with Gasteiger partial charge in [0.15, 0.2) is 5.65 Å². The van der Waals surface area contributed by atoms with Crippen molar-refractivity contribution in [2.24, 2.45) is 7.05 Å². The molecule has 0 atom stereocenters. The van der Waals surface area contributed by atoms with Crippen molar-refractivity contribution >= 4 is 26.7 Å². The lowest BCUT2D eigenvalue weighted by Gasteiger charge is -2.32. The Morgan fingerprint density at radius 1 is 1.00 bits per heavy atom. The van der Waals surface area contributed by atoms with Crippen LogP contribution in [0.5, 0.6) is 0 Å². The summed E-state index contributed by atoms with van der Waals surface area (Å²) in [5, 5.41) is 5.08. The van der Waals surface area contributed by atoms with E-state index in [1.165, 1.54) is 10.5 Å². The van der Waals surface area contributed by atoms with E-state index in [0.29, 0.717) is 17.9 Å². The van der Waals surface area contributed by atoms with E-state index in [0.717, 1.165) is 27.8 Å². The maximum Gasteiger partial charge on any atom is 0.266 e. The normalized spacial score (nSPS) is 13.4. The molecular formula is C21H18N4O2S. The Labute approximate surface area is 163 Å². The zero-order chi connectivity index (χ0) is 19.5. The fourth-order valence-electron chi connectivity index (χ4n) is 3.85. The first kappa shape index (κ1) is 16.9. The van der Waals surface area contributed by atoms with Crippen molar-refractivity contribution in [2.75, 3.05) is 4.31 Å². The number of benzene rings is 2. The summed E-state index contributed by atoms with van der Waals surface area (Å²) in [5.74, 6) is 0. The van der Waals surface area contributed by atoms with Gasteiger partial charge in [0, 0.05) is 24.2 Å². The van der Waals surface area contributed by atoms with Crippen molar-refractivity contribution in [3.63, 3.8) is 0 Å². The number of aryl methyl sites for hydroxylation is 2. The van der Waals surface area contributed by atoms with Crippen LogP contribution in [-0.2, 0) is 23.6 Å². The lowest BCUT2D eigenvalue weighted by Crippen LogP contribution is -2.33. The number of hydrogen-bond donors (Lipinski definition) is 0. The Morgan fingerprint density at radius 3 is 2.54 bits per heavy atom. The average Bonchev–Trinajstić information content (AvgIpc) is 3.00. The molecule has 4 aromatic rings. The van der Waals surface area contributed by atoms with Crippen LogP contribution in [0, 0.1) is 6.92 Å². The second kappa shape index (κ2) is 5.90. The molecule has 28 heavy (non-hydrogen) atoms. The number of fused-ring (bicyclic) bond motifs is 4. The Kier molecular flexibility index (Phi) is 3.57. The fraction of sp³-hybridized carbons (Fsp3) is 0.143. The number of pyridine rings is 1.